The Morgan fingerprint density at radius 3 is 2.52 bits per heavy atom. The van der Waals surface area contributed by atoms with Crippen LogP contribution in [0.5, 0.6) is 5.75 Å². The molecule has 3 aromatic carbocycles. The Morgan fingerprint density at radius 1 is 1.09 bits per heavy atom. The molecular formula is C26H24FNO4S. The highest BCUT2D eigenvalue weighted by molar-refractivity contribution is 8.00. The van der Waals surface area contributed by atoms with Crippen LogP contribution in [0, 0.1) is 12.7 Å². The predicted octanol–water partition coefficient (Wildman–Crippen LogP) is 5.67. The standard InChI is InChI=1S/C26H24FNO4S/c1-3-31-26(30)21-13-14-22(17(2)24(21)32-15-18-7-5-4-6-8-18)28-23(29)16-33-25(28)19-9-11-20(27)12-10-19/h4-14,25H,3,15-16H2,1-2H3. The third-order valence-corrected chi connectivity index (χ3v) is 6.59. The van der Waals surface area contributed by atoms with E-state index in [1.807, 2.05) is 37.3 Å². The van der Waals surface area contributed by atoms with Gasteiger partial charge >= 0.3 is 5.97 Å². The highest BCUT2D eigenvalue weighted by Crippen LogP contribution is 2.45. The van der Waals surface area contributed by atoms with Crippen LogP contribution in [0.4, 0.5) is 10.1 Å². The van der Waals surface area contributed by atoms with E-state index in [1.54, 1.807) is 36.1 Å². The molecule has 0 radical (unpaired) electrons. The molecule has 1 unspecified atom stereocenters. The summed E-state index contributed by atoms with van der Waals surface area (Å²) in [5, 5.41) is -0.299. The maximum absolute atomic E-state index is 13.4. The summed E-state index contributed by atoms with van der Waals surface area (Å²) in [4.78, 5) is 27.2. The maximum atomic E-state index is 13.4. The van der Waals surface area contributed by atoms with Crippen molar-refractivity contribution in [3.05, 3.63) is 94.8 Å². The summed E-state index contributed by atoms with van der Waals surface area (Å²) in [7, 11) is 0. The SMILES string of the molecule is CCOC(=O)c1ccc(N2C(=O)CSC2c2ccc(F)cc2)c(C)c1OCc1ccccc1. The molecule has 0 aromatic heterocycles. The predicted molar refractivity (Wildman–Crippen MR) is 127 cm³/mol. The molecule has 7 heteroatoms. The Bertz CT molecular complexity index is 1150. The minimum Gasteiger partial charge on any atom is -0.488 e. The highest BCUT2D eigenvalue weighted by atomic mass is 32.2. The van der Waals surface area contributed by atoms with Crippen LogP contribution in [0.3, 0.4) is 0 Å². The Morgan fingerprint density at radius 2 is 1.82 bits per heavy atom. The van der Waals surface area contributed by atoms with E-state index < -0.39 is 5.97 Å². The zero-order chi connectivity index (χ0) is 23.4. The summed E-state index contributed by atoms with van der Waals surface area (Å²) in [6.07, 6.45) is 0. The van der Waals surface area contributed by atoms with Gasteiger partial charge in [0.1, 0.15) is 29.1 Å². The topological polar surface area (TPSA) is 55.8 Å². The molecule has 4 rings (SSSR count). The number of esters is 1. The van der Waals surface area contributed by atoms with Crippen molar-refractivity contribution < 1.29 is 23.5 Å². The van der Waals surface area contributed by atoms with E-state index in [4.69, 9.17) is 9.47 Å². The average Bonchev–Trinajstić information content (AvgIpc) is 3.20. The zero-order valence-electron chi connectivity index (χ0n) is 18.4. The number of halogens is 1. The molecule has 0 bridgehead atoms. The summed E-state index contributed by atoms with van der Waals surface area (Å²) >= 11 is 1.48. The molecule has 33 heavy (non-hydrogen) atoms. The number of anilines is 1. The highest BCUT2D eigenvalue weighted by Gasteiger charge is 2.36. The Labute approximate surface area is 196 Å². The number of hydrogen-bond donors (Lipinski definition) is 0. The summed E-state index contributed by atoms with van der Waals surface area (Å²) < 4.78 is 24.8. The largest absolute Gasteiger partial charge is 0.488 e. The molecule has 1 fully saturated rings. The van der Waals surface area contributed by atoms with Gasteiger partial charge in [-0.05, 0) is 49.2 Å². The molecule has 3 aromatic rings. The first-order valence-electron chi connectivity index (χ1n) is 10.7. The maximum Gasteiger partial charge on any atom is 0.341 e. The minimum atomic E-state index is -0.479. The van der Waals surface area contributed by atoms with Gasteiger partial charge in [-0.2, -0.15) is 0 Å². The fraction of sp³-hybridized carbons (Fsp3) is 0.231. The van der Waals surface area contributed by atoms with E-state index in [0.717, 1.165) is 11.1 Å². The van der Waals surface area contributed by atoms with Crippen LogP contribution in [0.25, 0.3) is 0 Å². The first-order valence-corrected chi connectivity index (χ1v) is 11.7. The number of ether oxygens (including phenoxy) is 2. The quantitative estimate of drug-likeness (QED) is 0.421. The van der Waals surface area contributed by atoms with Crippen molar-refractivity contribution in [2.24, 2.45) is 0 Å². The van der Waals surface area contributed by atoms with Crippen molar-refractivity contribution in [3.63, 3.8) is 0 Å². The van der Waals surface area contributed by atoms with Crippen LogP contribution >= 0.6 is 11.8 Å². The van der Waals surface area contributed by atoms with Crippen molar-refractivity contribution in [3.8, 4) is 5.75 Å². The number of nitrogens with zero attached hydrogens (tertiary/aromatic N) is 1. The van der Waals surface area contributed by atoms with E-state index in [0.29, 0.717) is 28.3 Å². The third-order valence-electron chi connectivity index (χ3n) is 5.38. The molecule has 0 spiro atoms. The molecule has 1 saturated heterocycles. The number of hydrogen-bond acceptors (Lipinski definition) is 5. The molecular weight excluding hydrogens is 441 g/mol. The van der Waals surface area contributed by atoms with Crippen molar-refractivity contribution >= 4 is 29.3 Å². The Hall–Kier alpha value is -3.32. The van der Waals surface area contributed by atoms with Crippen molar-refractivity contribution in [2.45, 2.75) is 25.8 Å². The van der Waals surface area contributed by atoms with Crippen LogP contribution in [-0.2, 0) is 16.1 Å². The van der Waals surface area contributed by atoms with Gasteiger partial charge in [0.25, 0.3) is 0 Å². The van der Waals surface area contributed by atoms with Gasteiger partial charge in [0.2, 0.25) is 5.91 Å². The van der Waals surface area contributed by atoms with Crippen molar-refractivity contribution in [1.82, 2.24) is 0 Å². The van der Waals surface area contributed by atoms with Gasteiger partial charge in [0.15, 0.2) is 0 Å². The molecule has 1 atom stereocenters. The van der Waals surface area contributed by atoms with Gasteiger partial charge in [-0.1, -0.05) is 42.5 Å². The van der Waals surface area contributed by atoms with Crippen LogP contribution in [-0.4, -0.2) is 24.2 Å². The first kappa shape index (κ1) is 22.9. The second-order valence-corrected chi connectivity index (χ2v) is 8.63. The number of rotatable bonds is 7. The molecule has 1 amide bonds. The van der Waals surface area contributed by atoms with Gasteiger partial charge in [-0.15, -0.1) is 11.8 Å². The van der Waals surface area contributed by atoms with Crippen molar-refractivity contribution in [2.75, 3.05) is 17.3 Å². The molecule has 0 aliphatic carbocycles. The zero-order valence-corrected chi connectivity index (χ0v) is 19.2. The smallest absolute Gasteiger partial charge is 0.341 e. The minimum absolute atomic E-state index is 0.0599. The van der Waals surface area contributed by atoms with Crippen LogP contribution in [0.2, 0.25) is 0 Å². The average molecular weight is 466 g/mol. The molecule has 1 aliphatic heterocycles. The fourth-order valence-corrected chi connectivity index (χ4v) is 4.96. The van der Waals surface area contributed by atoms with Gasteiger partial charge in [-0.25, -0.2) is 9.18 Å². The normalized spacial score (nSPS) is 15.5. The lowest BCUT2D eigenvalue weighted by Crippen LogP contribution is -2.29. The van der Waals surface area contributed by atoms with E-state index in [-0.39, 0.29) is 30.3 Å². The Balaban J connectivity index is 1.73. The molecule has 0 saturated carbocycles. The second-order valence-electron chi connectivity index (χ2n) is 7.56. The monoisotopic (exact) mass is 465 g/mol. The van der Waals surface area contributed by atoms with E-state index >= 15 is 0 Å². The number of benzene rings is 3. The van der Waals surface area contributed by atoms with Gasteiger partial charge < -0.3 is 9.47 Å². The lowest BCUT2D eigenvalue weighted by molar-refractivity contribution is -0.115. The van der Waals surface area contributed by atoms with Crippen LogP contribution in [0.1, 0.15) is 39.3 Å². The lowest BCUT2D eigenvalue weighted by Gasteiger charge is -2.27. The lowest BCUT2D eigenvalue weighted by atomic mass is 10.1. The summed E-state index contributed by atoms with van der Waals surface area (Å²) in [6.45, 7) is 4.08. The summed E-state index contributed by atoms with van der Waals surface area (Å²) in [5.74, 6) is -0.173. The van der Waals surface area contributed by atoms with Crippen LogP contribution < -0.4 is 9.64 Å². The van der Waals surface area contributed by atoms with Gasteiger partial charge in [0, 0.05) is 5.56 Å². The molecule has 1 aliphatic rings. The molecule has 0 N–H and O–H groups in total. The van der Waals surface area contributed by atoms with E-state index in [2.05, 4.69) is 0 Å². The van der Waals surface area contributed by atoms with Crippen LogP contribution in [0.15, 0.2) is 66.7 Å². The third kappa shape index (κ3) is 4.88. The molecule has 1 heterocycles. The first-order chi connectivity index (χ1) is 16.0. The number of carbonyl (C=O) groups excluding carboxylic acids is 2. The van der Waals surface area contributed by atoms with Gasteiger partial charge in [0.05, 0.1) is 18.0 Å². The summed E-state index contributed by atoms with van der Waals surface area (Å²) in [5.41, 5.74) is 3.41. The van der Waals surface area contributed by atoms with E-state index in [9.17, 15) is 14.0 Å². The molecule has 170 valence electrons. The Kier molecular flexibility index (Phi) is 6.99. The number of amides is 1. The number of thioether (sulfide) groups is 1. The van der Waals surface area contributed by atoms with Gasteiger partial charge in [-0.3, -0.25) is 9.69 Å². The molecule has 5 nitrogen and oxygen atoms in total. The van der Waals surface area contributed by atoms with E-state index in [1.165, 1.54) is 23.9 Å². The summed E-state index contributed by atoms with van der Waals surface area (Å²) in [6, 6.07) is 19.2. The number of carbonyl (C=O) groups is 2. The fourth-order valence-electron chi connectivity index (χ4n) is 3.79. The second kappa shape index (κ2) is 10.1. The van der Waals surface area contributed by atoms with Crippen molar-refractivity contribution in [1.29, 1.82) is 0 Å².